The van der Waals surface area contributed by atoms with Gasteiger partial charge in [-0.05, 0) is 47.5 Å². The van der Waals surface area contributed by atoms with Crippen molar-refractivity contribution in [3.05, 3.63) is 101 Å². The summed E-state index contributed by atoms with van der Waals surface area (Å²) in [5.41, 5.74) is 2.32. The molecule has 6 nitrogen and oxygen atoms in total. The second-order valence-electron chi connectivity index (χ2n) is 6.76. The number of anilines is 1. The van der Waals surface area contributed by atoms with Gasteiger partial charge in [0.25, 0.3) is 17.7 Å². The molecule has 1 N–H and O–H groups in total. The molecule has 0 aromatic heterocycles. The van der Waals surface area contributed by atoms with Gasteiger partial charge in [0.15, 0.2) is 0 Å². The number of rotatable bonds is 5. The van der Waals surface area contributed by atoms with Crippen LogP contribution in [0.5, 0.6) is 0 Å². The normalized spacial score (nSPS) is 13.2. The minimum atomic E-state index is -0.588. The van der Waals surface area contributed by atoms with Gasteiger partial charge < -0.3 is 5.32 Å². The lowest BCUT2D eigenvalue weighted by molar-refractivity contribution is -0.174. The van der Waals surface area contributed by atoms with Crippen LogP contribution in [0.3, 0.4) is 0 Å². The lowest BCUT2D eigenvalue weighted by Crippen LogP contribution is -2.42. The number of nitrogens with zero attached hydrogens (tertiary/aromatic N) is 1. The van der Waals surface area contributed by atoms with Crippen molar-refractivity contribution in [2.75, 3.05) is 5.32 Å². The Kier molecular flexibility index (Phi) is 5.36. The van der Waals surface area contributed by atoms with Gasteiger partial charge in [0, 0.05) is 16.8 Å². The molecular formula is C23H17FN2O4. The lowest BCUT2D eigenvalue weighted by Gasteiger charge is -2.26. The van der Waals surface area contributed by atoms with Gasteiger partial charge >= 0.3 is 0 Å². The van der Waals surface area contributed by atoms with Crippen LogP contribution in [0.2, 0.25) is 0 Å². The van der Waals surface area contributed by atoms with Gasteiger partial charge in [0.2, 0.25) is 0 Å². The van der Waals surface area contributed by atoms with Crippen molar-refractivity contribution >= 4 is 23.4 Å². The summed E-state index contributed by atoms with van der Waals surface area (Å²) in [6.45, 7) is 0.0780. The molecule has 4 rings (SSSR count). The van der Waals surface area contributed by atoms with Crippen LogP contribution >= 0.6 is 0 Å². The Morgan fingerprint density at radius 2 is 1.73 bits per heavy atom. The monoisotopic (exact) mass is 404 g/mol. The van der Waals surface area contributed by atoms with Gasteiger partial charge in [0.05, 0.1) is 6.42 Å². The predicted molar refractivity (Wildman–Crippen MR) is 107 cm³/mol. The third-order valence-electron chi connectivity index (χ3n) is 4.66. The minimum Gasteiger partial charge on any atom is -0.322 e. The molecular weight excluding hydrogens is 387 g/mol. The third kappa shape index (κ3) is 4.11. The Morgan fingerprint density at radius 1 is 1.00 bits per heavy atom. The highest BCUT2D eigenvalue weighted by molar-refractivity contribution is 6.10. The molecule has 0 saturated heterocycles. The van der Waals surface area contributed by atoms with Crippen molar-refractivity contribution in [3.63, 3.8) is 0 Å². The Balaban J connectivity index is 1.51. The molecule has 1 aliphatic heterocycles. The van der Waals surface area contributed by atoms with E-state index < -0.39 is 23.5 Å². The number of carbonyl (C=O) groups excluding carboxylic acids is 3. The van der Waals surface area contributed by atoms with Gasteiger partial charge in [-0.15, -0.1) is 5.06 Å². The summed E-state index contributed by atoms with van der Waals surface area (Å²) in [5, 5.41) is 3.44. The number of fused-ring (bicyclic) bond motifs is 1. The molecule has 1 aliphatic rings. The lowest BCUT2D eigenvalue weighted by atomic mass is 9.99. The van der Waals surface area contributed by atoms with Crippen LogP contribution in [-0.4, -0.2) is 22.8 Å². The molecule has 0 radical (unpaired) electrons. The number of imide groups is 1. The second-order valence-corrected chi connectivity index (χ2v) is 6.76. The van der Waals surface area contributed by atoms with E-state index in [-0.39, 0.29) is 24.2 Å². The molecule has 0 unspecified atom stereocenters. The number of hydrogen-bond acceptors (Lipinski definition) is 4. The van der Waals surface area contributed by atoms with E-state index in [4.69, 9.17) is 4.84 Å². The largest absolute Gasteiger partial charge is 0.322 e. The van der Waals surface area contributed by atoms with Crippen LogP contribution in [0.1, 0.15) is 31.8 Å². The smallest absolute Gasteiger partial charge is 0.285 e. The first-order valence-corrected chi connectivity index (χ1v) is 9.25. The number of hydrogen-bond donors (Lipinski definition) is 1. The molecule has 7 heteroatoms. The predicted octanol–water partition coefficient (Wildman–Crippen LogP) is 3.73. The summed E-state index contributed by atoms with van der Waals surface area (Å²) in [4.78, 5) is 43.0. The topological polar surface area (TPSA) is 75.7 Å². The van der Waals surface area contributed by atoms with Gasteiger partial charge in [-0.1, -0.05) is 36.4 Å². The molecule has 0 spiro atoms. The number of hydroxylamine groups is 2. The number of nitrogens with one attached hydrogen (secondary N) is 1. The molecule has 150 valence electrons. The number of carbonyl (C=O) groups is 3. The van der Waals surface area contributed by atoms with Gasteiger partial charge in [-0.2, -0.15) is 0 Å². The fourth-order valence-electron chi connectivity index (χ4n) is 3.11. The number of benzene rings is 3. The van der Waals surface area contributed by atoms with E-state index in [0.29, 0.717) is 11.3 Å². The van der Waals surface area contributed by atoms with E-state index >= 15 is 0 Å². The first-order chi connectivity index (χ1) is 14.5. The SMILES string of the molecule is O=C(Nc1ccc2c(c1)C(=O)N(OCc1ccccc1)C(=O)C2)c1ccc(F)cc1. The molecule has 3 amide bonds. The summed E-state index contributed by atoms with van der Waals surface area (Å²) >= 11 is 0. The second kappa shape index (κ2) is 8.26. The molecule has 3 aromatic carbocycles. The summed E-state index contributed by atoms with van der Waals surface area (Å²) in [6.07, 6.45) is 0.0159. The Bertz CT molecular complexity index is 1110. The molecule has 0 aliphatic carbocycles. The maximum atomic E-state index is 13.0. The molecule has 0 bridgehead atoms. The zero-order valence-electron chi connectivity index (χ0n) is 15.8. The van der Waals surface area contributed by atoms with Gasteiger partial charge in [0.1, 0.15) is 12.4 Å². The number of halogens is 1. The summed E-state index contributed by atoms with van der Waals surface area (Å²) in [6, 6.07) is 19.1. The maximum absolute atomic E-state index is 13.0. The fourth-order valence-corrected chi connectivity index (χ4v) is 3.11. The van der Waals surface area contributed by atoms with E-state index in [1.807, 2.05) is 30.3 Å². The molecule has 0 fully saturated rings. The quantitative estimate of drug-likeness (QED) is 0.658. The standard InChI is InChI=1S/C23H17FN2O4/c24-18-9-6-16(7-10-18)22(28)25-19-11-8-17-12-21(27)26(23(29)20(17)13-19)30-14-15-4-2-1-3-5-15/h1-11,13H,12,14H2,(H,25,28). The van der Waals surface area contributed by atoms with Crippen molar-refractivity contribution in [2.24, 2.45) is 0 Å². The third-order valence-corrected chi connectivity index (χ3v) is 4.66. The van der Waals surface area contributed by atoms with Crippen molar-refractivity contribution in [2.45, 2.75) is 13.0 Å². The van der Waals surface area contributed by atoms with Crippen LogP contribution in [0.25, 0.3) is 0 Å². The van der Waals surface area contributed by atoms with Gasteiger partial charge in [-0.3, -0.25) is 19.2 Å². The van der Waals surface area contributed by atoms with Crippen LogP contribution in [0, 0.1) is 5.82 Å². The van der Waals surface area contributed by atoms with Crippen molar-refractivity contribution in [1.82, 2.24) is 5.06 Å². The first-order valence-electron chi connectivity index (χ1n) is 9.25. The number of amides is 3. The molecule has 0 saturated carbocycles. The van der Waals surface area contributed by atoms with Crippen LogP contribution in [-0.2, 0) is 22.7 Å². The van der Waals surface area contributed by atoms with E-state index in [1.54, 1.807) is 12.1 Å². The Hall–Kier alpha value is -3.84. The van der Waals surface area contributed by atoms with Crippen molar-refractivity contribution in [1.29, 1.82) is 0 Å². The highest BCUT2D eigenvalue weighted by atomic mass is 19.1. The van der Waals surface area contributed by atoms with Crippen molar-refractivity contribution in [3.8, 4) is 0 Å². The first kappa shape index (κ1) is 19.5. The maximum Gasteiger partial charge on any atom is 0.285 e. The Labute approximate surface area is 171 Å². The summed E-state index contributed by atoms with van der Waals surface area (Å²) in [5.74, 6) is -1.92. The molecule has 1 heterocycles. The van der Waals surface area contributed by atoms with E-state index in [2.05, 4.69) is 5.32 Å². The zero-order valence-corrected chi connectivity index (χ0v) is 15.8. The zero-order chi connectivity index (χ0) is 21.1. The van der Waals surface area contributed by atoms with Crippen LogP contribution < -0.4 is 5.32 Å². The highest BCUT2D eigenvalue weighted by Crippen LogP contribution is 2.24. The minimum absolute atomic E-state index is 0.0159. The Morgan fingerprint density at radius 3 is 2.47 bits per heavy atom. The average molecular weight is 404 g/mol. The van der Waals surface area contributed by atoms with E-state index in [9.17, 15) is 18.8 Å². The van der Waals surface area contributed by atoms with Crippen molar-refractivity contribution < 1.29 is 23.6 Å². The van der Waals surface area contributed by atoms with E-state index in [0.717, 1.165) is 10.6 Å². The van der Waals surface area contributed by atoms with Gasteiger partial charge in [-0.25, -0.2) is 4.39 Å². The molecule has 0 atom stereocenters. The molecule has 3 aromatic rings. The van der Waals surface area contributed by atoms with Crippen LogP contribution in [0.4, 0.5) is 10.1 Å². The highest BCUT2D eigenvalue weighted by Gasteiger charge is 2.32. The summed E-state index contributed by atoms with van der Waals surface area (Å²) < 4.78 is 13.0. The van der Waals surface area contributed by atoms with E-state index in [1.165, 1.54) is 30.3 Å². The van der Waals surface area contributed by atoms with Crippen LogP contribution in [0.15, 0.2) is 72.8 Å². The fraction of sp³-hybridized carbons (Fsp3) is 0.0870. The summed E-state index contributed by atoms with van der Waals surface area (Å²) in [7, 11) is 0. The molecule has 30 heavy (non-hydrogen) atoms. The average Bonchev–Trinajstić information content (AvgIpc) is 2.75.